The summed E-state index contributed by atoms with van der Waals surface area (Å²) in [6.07, 6.45) is 0.901. The van der Waals surface area contributed by atoms with Crippen LogP contribution in [0.25, 0.3) is 0 Å². The standard InChI is InChI=1S/C6H15O5P.2Na/c1-3-6(2)10-4-5-11-12(7,8)9;;/h6H,3-5H2,1-2H3,(H2,7,8,9);;/q;2*+1/p-2. The molecular weight excluding hydrogens is 229 g/mol. The normalized spacial score (nSPS) is 12.6. The van der Waals surface area contributed by atoms with E-state index >= 15 is 0 Å². The molecule has 0 spiro atoms. The van der Waals surface area contributed by atoms with Crippen LogP contribution in [0.5, 0.6) is 0 Å². The van der Waals surface area contributed by atoms with Gasteiger partial charge in [0, 0.05) is 0 Å². The second kappa shape index (κ2) is 11.6. The molecule has 0 radical (unpaired) electrons. The zero-order valence-electron chi connectivity index (χ0n) is 9.19. The third-order valence-corrected chi connectivity index (χ3v) is 1.81. The van der Waals surface area contributed by atoms with Crippen LogP contribution in [-0.4, -0.2) is 19.3 Å². The summed E-state index contributed by atoms with van der Waals surface area (Å²) in [6, 6.07) is 0. The number of phosphoric ester groups is 1. The van der Waals surface area contributed by atoms with Gasteiger partial charge in [-0.2, -0.15) is 0 Å². The van der Waals surface area contributed by atoms with E-state index < -0.39 is 7.82 Å². The maximum atomic E-state index is 9.94. The van der Waals surface area contributed by atoms with Gasteiger partial charge in [0.15, 0.2) is 0 Å². The predicted octanol–water partition coefficient (Wildman–Crippen LogP) is -6.35. The Kier molecular flexibility index (Phi) is 17.6. The zero-order chi connectivity index (χ0) is 9.61. The van der Waals surface area contributed by atoms with E-state index in [1.54, 1.807) is 0 Å². The summed E-state index contributed by atoms with van der Waals surface area (Å²) in [5.74, 6) is 0. The average Bonchev–Trinajstić information content (AvgIpc) is 1.96. The molecule has 0 bridgehead atoms. The molecule has 14 heavy (non-hydrogen) atoms. The quantitative estimate of drug-likeness (QED) is 0.263. The Hall–Kier alpha value is 2.07. The SMILES string of the molecule is CCC(C)OCCOP(=O)([O-])[O-].[Na+].[Na+]. The van der Waals surface area contributed by atoms with Crippen molar-refractivity contribution in [2.24, 2.45) is 0 Å². The van der Waals surface area contributed by atoms with Crippen molar-refractivity contribution in [3.05, 3.63) is 0 Å². The van der Waals surface area contributed by atoms with Gasteiger partial charge in [0.25, 0.3) is 0 Å². The summed E-state index contributed by atoms with van der Waals surface area (Å²) in [5.41, 5.74) is 0. The smallest absolute Gasteiger partial charge is 0.790 e. The minimum absolute atomic E-state index is 0. The van der Waals surface area contributed by atoms with E-state index in [0.29, 0.717) is 0 Å². The van der Waals surface area contributed by atoms with Gasteiger partial charge in [0.2, 0.25) is 0 Å². The van der Waals surface area contributed by atoms with E-state index in [2.05, 4.69) is 4.52 Å². The first-order valence-corrected chi connectivity index (χ1v) is 5.20. The van der Waals surface area contributed by atoms with Gasteiger partial charge >= 0.3 is 59.1 Å². The number of hydrogen-bond donors (Lipinski definition) is 0. The molecule has 8 heteroatoms. The van der Waals surface area contributed by atoms with Crippen molar-refractivity contribution < 1.29 is 82.7 Å². The number of phosphoric acid groups is 1. The van der Waals surface area contributed by atoms with Gasteiger partial charge < -0.3 is 23.6 Å². The van der Waals surface area contributed by atoms with E-state index in [9.17, 15) is 14.4 Å². The summed E-state index contributed by atoms with van der Waals surface area (Å²) >= 11 is 0. The van der Waals surface area contributed by atoms with Crippen molar-refractivity contribution in [2.45, 2.75) is 26.4 Å². The van der Waals surface area contributed by atoms with Crippen LogP contribution >= 0.6 is 7.82 Å². The van der Waals surface area contributed by atoms with Crippen LogP contribution in [0.3, 0.4) is 0 Å². The molecule has 0 fully saturated rings. The first kappa shape index (κ1) is 21.4. The van der Waals surface area contributed by atoms with Crippen LogP contribution < -0.4 is 68.9 Å². The molecule has 74 valence electrons. The van der Waals surface area contributed by atoms with E-state index in [-0.39, 0.29) is 78.4 Å². The first-order valence-electron chi connectivity index (χ1n) is 3.74. The largest absolute Gasteiger partial charge is 1.00 e. The molecule has 0 amide bonds. The molecule has 1 atom stereocenters. The van der Waals surface area contributed by atoms with Crippen LogP contribution in [0.2, 0.25) is 0 Å². The van der Waals surface area contributed by atoms with E-state index in [1.807, 2.05) is 13.8 Å². The van der Waals surface area contributed by atoms with Crippen LogP contribution in [0, 0.1) is 0 Å². The summed E-state index contributed by atoms with van der Waals surface area (Å²) in [4.78, 5) is 19.9. The molecular formula is C6H13Na2O5P. The molecule has 0 saturated heterocycles. The zero-order valence-corrected chi connectivity index (χ0v) is 14.1. The average molecular weight is 242 g/mol. The fourth-order valence-electron chi connectivity index (χ4n) is 0.516. The van der Waals surface area contributed by atoms with Gasteiger partial charge in [-0.05, 0) is 13.3 Å². The maximum absolute atomic E-state index is 9.94. The van der Waals surface area contributed by atoms with Gasteiger partial charge in [-0.25, -0.2) is 0 Å². The summed E-state index contributed by atoms with van der Waals surface area (Å²) < 4.78 is 18.9. The second-order valence-corrected chi connectivity index (χ2v) is 3.52. The fourth-order valence-corrected chi connectivity index (χ4v) is 0.814. The van der Waals surface area contributed by atoms with Crippen molar-refractivity contribution in [2.75, 3.05) is 13.2 Å². The Balaban J connectivity index is -0.000000605. The summed E-state index contributed by atoms with van der Waals surface area (Å²) in [7, 11) is -4.81. The van der Waals surface area contributed by atoms with E-state index in [4.69, 9.17) is 4.74 Å². The van der Waals surface area contributed by atoms with Crippen molar-refractivity contribution in [3.63, 3.8) is 0 Å². The van der Waals surface area contributed by atoms with Gasteiger partial charge in [0.1, 0.15) is 0 Å². The molecule has 0 aromatic heterocycles. The van der Waals surface area contributed by atoms with Crippen LogP contribution in [0.15, 0.2) is 0 Å². The monoisotopic (exact) mass is 242 g/mol. The molecule has 5 nitrogen and oxygen atoms in total. The Morgan fingerprint density at radius 2 is 1.79 bits per heavy atom. The van der Waals surface area contributed by atoms with Gasteiger partial charge in [-0.15, -0.1) is 0 Å². The molecule has 0 aliphatic carbocycles. The predicted molar refractivity (Wildman–Crippen MR) is 39.3 cm³/mol. The summed E-state index contributed by atoms with van der Waals surface area (Å²) in [5, 5.41) is 0. The Labute approximate surface area is 129 Å². The van der Waals surface area contributed by atoms with Crippen molar-refractivity contribution in [3.8, 4) is 0 Å². The molecule has 0 rings (SSSR count). The van der Waals surface area contributed by atoms with Crippen molar-refractivity contribution in [1.29, 1.82) is 0 Å². The molecule has 0 aromatic rings. The van der Waals surface area contributed by atoms with Crippen LogP contribution in [-0.2, 0) is 13.8 Å². The molecule has 0 heterocycles. The van der Waals surface area contributed by atoms with Gasteiger partial charge in [-0.1, -0.05) is 6.92 Å². The number of ether oxygens (including phenoxy) is 1. The topological polar surface area (TPSA) is 81.7 Å². The third kappa shape index (κ3) is 16.5. The Morgan fingerprint density at radius 3 is 2.14 bits per heavy atom. The second-order valence-electron chi connectivity index (χ2n) is 2.37. The van der Waals surface area contributed by atoms with Crippen molar-refractivity contribution >= 4 is 7.82 Å². The minimum atomic E-state index is -4.81. The number of rotatable bonds is 6. The van der Waals surface area contributed by atoms with Crippen molar-refractivity contribution in [1.82, 2.24) is 0 Å². The first-order chi connectivity index (χ1) is 5.45. The molecule has 0 aromatic carbocycles. The third-order valence-electron chi connectivity index (χ3n) is 1.31. The molecule has 0 N–H and O–H groups in total. The molecule has 1 unspecified atom stereocenters. The fraction of sp³-hybridized carbons (Fsp3) is 1.00. The molecule has 0 saturated carbocycles. The van der Waals surface area contributed by atoms with Gasteiger partial charge in [-0.3, -0.25) is 0 Å². The maximum Gasteiger partial charge on any atom is 1.00 e. The van der Waals surface area contributed by atoms with Crippen LogP contribution in [0.1, 0.15) is 20.3 Å². The van der Waals surface area contributed by atoms with E-state index in [0.717, 1.165) is 6.42 Å². The Morgan fingerprint density at radius 1 is 1.29 bits per heavy atom. The van der Waals surface area contributed by atoms with Crippen LogP contribution in [0.4, 0.5) is 0 Å². The molecule has 0 aliphatic heterocycles. The Bertz CT molecular complexity index is 162. The minimum Gasteiger partial charge on any atom is -0.790 e. The number of hydrogen-bond acceptors (Lipinski definition) is 5. The van der Waals surface area contributed by atoms with E-state index in [1.165, 1.54) is 0 Å². The summed E-state index contributed by atoms with van der Waals surface area (Å²) in [6.45, 7) is 3.73. The van der Waals surface area contributed by atoms with Gasteiger partial charge in [0.05, 0.1) is 27.1 Å². The molecule has 0 aliphatic rings.